The van der Waals surface area contributed by atoms with E-state index in [2.05, 4.69) is 23.1 Å². The molecule has 5 heteroatoms. The molecule has 3 rings (SSSR count). The second-order valence-corrected chi connectivity index (χ2v) is 6.14. The lowest BCUT2D eigenvalue weighted by Crippen LogP contribution is -2.35. The Kier molecular flexibility index (Phi) is 3.51. The average molecular weight is 275 g/mol. The van der Waals surface area contributed by atoms with Crippen molar-refractivity contribution in [1.29, 1.82) is 5.26 Å². The molecule has 2 aliphatic rings. The SMILES string of the molecule is CCOC1(c2noc(C3CC3C#N)n2)CCC(C)CC1. The van der Waals surface area contributed by atoms with Crippen LogP contribution in [0.3, 0.4) is 0 Å². The first kappa shape index (κ1) is 13.6. The first-order chi connectivity index (χ1) is 9.68. The van der Waals surface area contributed by atoms with Crippen LogP contribution in [0.5, 0.6) is 0 Å². The molecule has 2 saturated carbocycles. The molecule has 2 fully saturated rings. The van der Waals surface area contributed by atoms with E-state index >= 15 is 0 Å². The van der Waals surface area contributed by atoms with Gasteiger partial charge in [0, 0.05) is 6.61 Å². The Morgan fingerprint density at radius 1 is 1.45 bits per heavy atom. The van der Waals surface area contributed by atoms with Crippen molar-refractivity contribution in [2.75, 3.05) is 6.61 Å². The van der Waals surface area contributed by atoms with Gasteiger partial charge in [-0.3, -0.25) is 0 Å². The van der Waals surface area contributed by atoms with Gasteiger partial charge in [0.15, 0.2) is 0 Å². The zero-order chi connectivity index (χ0) is 14.2. The Morgan fingerprint density at radius 2 is 2.20 bits per heavy atom. The van der Waals surface area contributed by atoms with Gasteiger partial charge in [-0.05, 0) is 44.9 Å². The van der Waals surface area contributed by atoms with Gasteiger partial charge in [0.1, 0.15) is 5.60 Å². The summed E-state index contributed by atoms with van der Waals surface area (Å²) in [5.41, 5.74) is -0.375. The summed E-state index contributed by atoms with van der Waals surface area (Å²) < 4.78 is 11.4. The quantitative estimate of drug-likeness (QED) is 0.844. The second kappa shape index (κ2) is 5.17. The number of nitriles is 1. The Balaban J connectivity index is 1.80. The molecule has 108 valence electrons. The Hall–Kier alpha value is -1.41. The predicted octanol–water partition coefficient (Wildman–Crippen LogP) is 3.14. The molecule has 0 aromatic carbocycles. The highest BCUT2D eigenvalue weighted by atomic mass is 16.5. The third-order valence-electron chi connectivity index (χ3n) is 4.63. The maximum atomic E-state index is 8.89. The van der Waals surface area contributed by atoms with Crippen LogP contribution in [0.2, 0.25) is 0 Å². The lowest BCUT2D eigenvalue weighted by Gasteiger charge is -2.36. The van der Waals surface area contributed by atoms with E-state index in [0.29, 0.717) is 18.3 Å². The van der Waals surface area contributed by atoms with Crippen LogP contribution in [0.25, 0.3) is 0 Å². The van der Waals surface area contributed by atoms with Gasteiger partial charge in [0.2, 0.25) is 11.7 Å². The fraction of sp³-hybridized carbons (Fsp3) is 0.800. The van der Waals surface area contributed by atoms with Crippen molar-refractivity contribution in [3.8, 4) is 6.07 Å². The predicted molar refractivity (Wildman–Crippen MR) is 71.7 cm³/mol. The van der Waals surface area contributed by atoms with Crippen LogP contribution in [0.15, 0.2) is 4.52 Å². The summed E-state index contributed by atoms with van der Waals surface area (Å²) in [6, 6.07) is 2.26. The molecule has 0 aliphatic heterocycles. The van der Waals surface area contributed by atoms with Crippen LogP contribution in [0, 0.1) is 23.2 Å². The molecule has 0 saturated heterocycles. The molecule has 2 unspecified atom stereocenters. The number of nitrogens with zero attached hydrogens (tertiary/aromatic N) is 3. The van der Waals surface area contributed by atoms with E-state index in [9.17, 15) is 0 Å². The summed E-state index contributed by atoms with van der Waals surface area (Å²) in [7, 11) is 0. The average Bonchev–Trinajstić information content (AvgIpc) is 3.09. The minimum absolute atomic E-state index is 0.0534. The minimum atomic E-state index is -0.375. The third kappa shape index (κ3) is 2.33. The fourth-order valence-electron chi connectivity index (χ4n) is 3.12. The zero-order valence-corrected chi connectivity index (χ0v) is 12.1. The van der Waals surface area contributed by atoms with Gasteiger partial charge in [0.25, 0.3) is 0 Å². The highest BCUT2D eigenvalue weighted by Gasteiger charge is 2.46. The zero-order valence-electron chi connectivity index (χ0n) is 12.1. The standard InChI is InChI=1S/C15H21N3O2/c1-3-19-15(6-4-10(2)5-7-15)14-17-13(20-18-14)12-8-11(12)9-16/h10-12H,3-8H2,1-2H3. The highest BCUT2D eigenvalue weighted by Crippen LogP contribution is 2.47. The molecule has 5 nitrogen and oxygen atoms in total. The molecular weight excluding hydrogens is 254 g/mol. The monoisotopic (exact) mass is 275 g/mol. The molecule has 0 amide bonds. The van der Waals surface area contributed by atoms with Gasteiger partial charge in [0.05, 0.1) is 17.9 Å². The number of aromatic nitrogens is 2. The number of hydrogen-bond acceptors (Lipinski definition) is 5. The lowest BCUT2D eigenvalue weighted by atomic mass is 9.79. The largest absolute Gasteiger partial charge is 0.367 e. The third-order valence-corrected chi connectivity index (χ3v) is 4.63. The summed E-state index contributed by atoms with van der Waals surface area (Å²) in [5, 5.41) is 13.1. The Labute approximate surface area is 119 Å². The van der Waals surface area contributed by atoms with Crippen molar-refractivity contribution in [3.63, 3.8) is 0 Å². The van der Waals surface area contributed by atoms with E-state index in [1.54, 1.807) is 0 Å². The van der Waals surface area contributed by atoms with Gasteiger partial charge in [-0.1, -0.05) is 12.1 Å². The van der Waals surface area contributed by atoms with Crippen LogP contribution in [0.4, 0.5) is 0 Å². The van der Waals surface area contributed by atoms with Crippen LogP contribution in [0.1, 0.15) is 63.6 Å². The molecular formula is C15H21N3O2. The molecule has 2 aliphatic carbocycles. The Morgan fingerprint density at radius 3 is 2.80 bits per heavy atom. The van der Waals surface area contributed by atoms with E-state index in [0.717, 1.165) is 38.0 Å². The van der Waals surface area contributed by atoms with Crippen molar-refractivity contribution in [1.82, 2.24) is 10.1 Å². The van der Waals surface area contributed by atoms with Crippen LogP contribution in [-0.4, -0.2) is 16.7 Å². The van der Waals surface area contributed by atoms with Crippen molar-refractivity contribution in [2.24, 2.45) is 11.8 Å². The van der Waals surface area contributed by atoms with Crippen LogP contribution < -0.4 is 0 Å². The van der Waals surface area contributed by atoms with Gasteiger partial charge in [-0.15, -0.1) is 0 Å². The molecule has 1 heterocycles. The lowest BCUT2D eigenvalue weighted by molar-refractivity contribution is -0.0847. The highest BCUT2D eigenvalue weighted by molar-refractivity contribution is 5.16. The maximum absolute atomic E-state index is 8.89. The molecule has 1 aromatic rings. The van der Waals surface area contributed by atoms with Gasteiger partial charge < -0.3 is 9.26 Å². The van der Waals surface area contributed by atoms with Crippen molar-refractivity contribution in [2.45, 2.75) is 57.5 Å². The summed E-state index contributed by atoms with van der Waals surface area (Å²) >= 11 is 0. The Bertz CT molecular complexity index is 511. The molecule has 0 bridgehead atoms. The van der Waals surface area contributed by atoms with E-state index in [4.69, 9.17) is 14.5 Å². The molecule has 0 spiro atoms. The second-order valence-electron chi connectivity index (χ2n) is 6.14. The van der Waals surface area contributed by atoms with Crippen molar-refractivity contribution >= 4 is 0 Å². The molecule has 1 aromatic heterocycles. The minimum Gasteiger partial charge on any atom is -0.367 e. The number of ether oxygens (including phenoxy) is 1. The van der Waals surface area contributed by atoms with E-state index < -0.39 is 0 Å². The topological polar surface area (TPSA) is 71.9 Å². The summed E-state index contributed by atoms with van der Waals surface area (Å²) in [5.74, 6) is 2.23. The van der Waals surface area contributed by atoms with E-state index in [1.807, 2.05) is 6.92 Å². The van der Waals surface area contributed by atoms with Gasteiger partial charge >= 0.3 is 0 Å². The van der Waals surface area contributed by atoms with Gasteiger partial charge in [-0.2, -0.15) is 10.2 Å². The first-order valence-electron chi connectivity index (χ1n) is 7.56. The molecule has 0 N–H and O–H groups in total. The maximum Gasteiger partial charge on any atom is 0.231 e. The normalized spacial score (nSPS) is 36.5. The molecule has 20 heavy (non-hydrogen) atoms. The fourth-order valence-corrected chi connectivity index (χ4v) is 3.12. The smallest absolute Gasteiger partial charge is 0.231 e. The van der Waals surface area contributed by atoms with Gasteiger partial charge in [-0.25, -0.2) is 0 Å². The van der Waals surface area contributed by atoms with E-state index in [-0.39, 0.29) is 17.4 Å². The van der Waals surface area contributed by atoms with E-state index in [1.165, 1.54) is 0 Å². The van der Waals surface area contributed by atoms with Crippen LogP contribution >= 0.6 is 0 Å². The summed E-state index contributed by atoms with van der Waals surface area (Å²) in [6.07, 6.45) is 5.01. The van der Waals surface area contributed by atoms with Crippen LogP contribution in [-0.2, 0) is 10.3 Å². The first-order valence-corrected chi connectivity index (χ1v) is 7.56. The summed E-state index contributed by atoms with van der Waals surface area (Å²) in [6.45, 7) is 4.94. The van der Waals surface area contributed by atoms with Crippen molar-refractivity contribution < 1.29 is 9.26 Å². The molecule has 2 atom stereocenters. The summed E-state index contributed by atoms with van der Waals surface area (Å²) in [4.78, 5) is 4.56. The number of hydrogen-bond donors (Lipinski definition) is 0. The van der Waals surface area contributed by atoms with Crippen molar-refractivity contribution in [3.05, 3.63) is 11.7 Å². The molecule has 0 radical (unpaired) electrons. The number of rotatable bonds is 4.